The van der Waals surface area contributed by atoms with Crippen molar-refractivity contribution >= 4 is 11.7 Å². The molecule has 2 aliphatic rings. The van der Waals surface area contributed by atoms with Gasteiger partial charge in [0.25, 0.3) is 5.91 Å². The highest BCUT2D eigenvalue weighted by molar-refractivity contribution is 5.96. The summed E-state index contributed by atoms with van der Waals surface area (Å²) < 4.78 is 1.94. The summed E-state index contributed by atoms with van der Waals surface area (Å²) in [6, 6.07) is 1.94. The minimum atomic E-state index is -0.00495. The quantitative estimate of drug-likeness (QED) is 0.850. The Labute approximate surface area is 125 Å². The van der Waals surface area contributed by atoms with Crippen LogP contribution in [0.3, 0.4) is 0 Å². The Hall–Kier alpha value is -2.04. The van der Waals surface area contributed by atoms with Gasteiger partial charge >= 0.3 is 0 Å². The first kappa shape index (κ1) is 13.9. The Morgan fingerprint density at radius 2 is 2.24 bits per heavy atom. The highest BCUT2D eigenvalue weighted by Gasteiger charge is 2.35. The lowest BCUT2D eigenvalue weighted by atomic mass is 9.91. The van der Waals surface area contributed by atoms with E-state index in [1.807, 2.05) is 22.6 Å². The van der Waals surface area contributed by atoms with Crippen molar-refractivity contribution in [2.75, 3.05) is 18.4 Å². The van der Waals surface area contributed by atoms with E-state index in [0.29, 0.717) is 12.5 Å². The Morgan fingerprint density at radius 3 is 2.90 bits per heavy atom. The summed E-state index contributed by atoms with van der Waals surface area (Å²) in [4.78, 5) is 14.9. The second kappa shape index (κ2) is 5.39. The molecule has 0 fully saturated rings. The van der Waals surface area contributed by atoms with Crippen molar-refractivity contribution in [3.63, 3.8) is 0 Å². The van der Waals surface area contributed by atoms with Gasteiger partial charge in [0.05, 0.1) is 17.8 Å². The number of carbonyl (C=O) groups excluding carboxylic acids is 1. The molecular formula is C16H22N4O. The lowest BCUT2D eigenvalue weighted by Crippen LogP contribution is -2.40. The Balaban J connectivity index is 1.98. The van der Waals surface area contributed by atoms with Gasteiger partial charge in [-0.05, 0) is 19.3 Å². The van der Waals surface area contributed by atoms with Crippen molar-refractivity contribution in [2.24, 2.45) is 5.92 Å². The summed E-state index contributed by atoms with van der Waals surface area (Å²) >= 11 is 0. The number of nitrogens with zero attached hydrogens (tertiary/aromatic N) is 3. The number of hydrogen-bond acceptors (Lipinski definition) is 3. The van der Waals surface area contributed by atoms with E-state index < -0.39 is 0 Å². The topological polar surface area (TPSA) is 50.2 Å². The molecule has 1 N–H and O–H groups in total. The van der Waals surface area contributed by atoms with Gasteiger partial charge in [0.15, 0.2) is 0 Å². The van der Waals surface area contributed by atoms with Crippen molar-refractivity contribution < 1.29 is 4.79 Å². The lowest BCUT2D eigenvalue weighted by molar-refractivity contribution is -0.127. The third-order valence-corrected chi connectivity index (χ3v) is 4.16. The van der Waals surface area contributed by atoms with Gasteiger partial charge in [-0.15, -0.1) is 0 Å². The molecule has 0 spiro atoms. The third-order valence-electron chi connectivity index (χ3n) is 4.16. The van der Waals surface area contributed by atoms with Gasteiger partial charge in [0.2, 0.25) is 0 Å². The maximum absolute atomic E-state index is 13.0. The first-order chi connectivity index (χ1) is 10.1. The van der Waals surface area contributed by atoms with E-state index in [1.54, 1.807) is 6.20 Å². The van der Waals surface area contributed by atoms with Crippen LogP contribution in [0.1, 0.15) is 33.2 Å². The molecule has 3 rings (SSSR count). The van der Waals surface area contributed by atoms with Gasteiger partial charge in [0.1, 0.15) is 5.82 Å². The zero-order valence-corrected chi connectivity index (χ0v) is 12.8. The van der Waals surface area contributed by atoms with E-state index in [0.717, 1.165) is 30.1 Å². The molecule has 0 radical (unpaired) electrons. The molecule has 1 aromatic heterocycles. The number of carbonyl (C=O) groups is 1. The van der Waals surface area contributed by atoms with E-state index in [1.165, 1.54) is 0 Å². The maximum Gasteiger partial charge on any atom is 0.254 e. The molecule has 0 bridgehead atoms. The minimum Gasteiger partial charge on any atom is -0.344 e. The lowest BCUT2D eigenvalue weighted by Gasteiger charge is -2.35. The van der Waals surface area contributed by atoms with Gasteiger partial charge < -0.3 is 10.2 Å². The fourth-order valence-corrected chi connectivity index (χ4v) is 3.14. The van der Waals surface area contributed by atoms with Crippen LogP contribution in [0.25, 0.3) is 0 Å². The van der Waals surface area contributed by atoms with Crippen molar-refractivity contribution in [3.05, 3.63) is 35.7 Å². The molecule has 0 aromatic carbocycles. The summed E-state index contributed by atoms with van der Waals surface area (Å²) in [5.74, 6) is 1.39. The van der Waals surface area contributed by atoms with E-state index in [9.17, 15) is 4.79 Å². The predicted molar refractivity (Wildman–Crippen MR) is 82.8 cm³/mol. The van der Waals surface area contributed by atoms with Crippen molar-refractivity contribution in [1.29, 1.82) is 0 Å². The Kier molecular flexibility index (Phi) is 3.57. The second-order valence-electron chi connectivity index (χ2n) is 6.02. The van der Waals surface area contributed by atoms with Crippen LogP contribution in [0.4, 0.5) is 5.82 Å². The monoisotopic (exact) mass is 286 g/mol. The zero-order chi connectivity index (χ0) is 15.0. The normalized spacial score (nSPS) is 21.5. The number of nitrogens with one attached hydrogen (secondary N) is 1. The third kappa shape index (κ3) is 2.37. The van der Waals surface area contributed by atoms with Crippen LogP contribution in [0.5, 0.6) is 0 Å². The van der Waals surface area contributed by atoms with Crippen molar-refractivity contribution in [2.45, 2.75) is 33.2 Å². The highest BCUT2D eigenvalue weighted by atomic mass is 16.2. The second-order valence-corrected chi connectivity index (χ2v) is 6.02. The van der Waals surface area contributed by atoms with Crippen molar-refractivity contribution in [1.82, 2.24) is 14.7 Å². The number of hydrogen-bond donors (Lipinski definition) is 1. The number of rotatable bonds is 2. The summed E-state index contributed by atoms with van der Waals surface area (Å²) in [5.41, 5.74) is 1.79. The fraction of sp³-hybridized carbons (Fsp3) is 0.500. The van der Waals surface area contributed by atoms with E-state index in [4.69, 9.17) is 0 Å². The first-order valence-corrected chi connectivity index (χ1v) is 7.55. The molecule has 5 nitrogen and oxygen atoms in total. The summed E-state index contributed by atoms with van der Waals surface area (Å²) in [6.07, 6.45) is 6.92. The average molecular weight is 286 g/mol. The molecule has 1 aromatic rings. The van der Waals surface area contributed by atoms with Gasteiger partial charge in [-0.1, -0.05) is 26.0 Å². The number of amides is 1. The molecule has 21 heavy (non-hydrogen) atoms. The van der Waals surface area contributed by atoms with Gasteiger partial charge in [-0.3, -0.25) is 4.79 Å². The standard InChI is InChI=1S/C16H22N4O/c1-11(2)15-14(16(21)19-9-5-4-6-10-19)12(3)18-13-7-8-17-20(13)15/h4-5,7-8,11,15,18H,6,9-10H2,1-3H3. The number of anilines is 1. The number of fused-ring (bicyclic) bond motifs is 1. The molecule has 3 heterocycles. The summed E-state index contributed by atoms with van der Waals surface area (Å²) in [6.45, 7) is 7.75. The summed E-state index contributed by atoms with van der Waals surface area (Å²) in [7, 11) is 0. The molecule has 1 unspecified atom stereocenters. The molecular weight excluding hydrogens is 264 g/mol. The molecule has 1 amide bonds. The molecule has 5 heteroatoms. The van der Waals surface area contributed by atoms with Gasteiger partial charge in [0, 0.05) is 24.9 Å². The van der Waals surface area contributed by atoms with E-state index >= 15 is 0 Å². The molecule has 1 atom stereocenters. The fourth-order valence-electron chi connectivity index (χ4n) is 3.14. The molecule has 2 aliphatic heterocycles. The smallest absolute Gasteiger partial charge is 0.254 e. The van der Waals surface area contributed by atoms with Crippen molar-refractivity contribution in [3.8, 4) is 0 Å². The average Bonchev–Trinajstić information content (AvgIpc) is 2.93. The summed E-state index contributed by atoms with van der Waals surface area (Å²) in [5, 5.41) is 7.72. The first-order valence-electron chi connectivity index (χ1n) is 7.55. The van der Waals surface area contributed by atoms with Crippen LogP contribution < -0.4 is 5.32 Å². The Morgan fingerprint density at radius 1 is 1.43 bits per heavy atom. The van der Waals surface area contributed by atoms with Gasteiger partial charge in [-0.25, -0.2) is 4.68 Å². The molecule has 0 aliphatic carbocycles. The number of aromatic nitrogens is 2. The van der Waals surface area contributed by atoms with Crippen LogP contribution in [0, 0.1) is 5.92 Å². The van der Waals surface area contributed by atoms with Crippen LogP contribution in [-0.4, -0.2) is 33.7 Å². The SMILES string of the molecule is CC1=C(C(=O)N2CC=CCC2)C(C(C)C)n2nccc2N1. The highest BCUT2D eigenvalue weighted by Crippen LogP contribution is 2.36. The Bertz CT molecular complexity index is 612. The van der Waals surface area contributed by atoms with E-state index in [-0.39, 0.29) is 11.9 Å². The largest absolute Gasteiger partial charge is 0.344 e. The van der Waals surface area contributed by atoms with Crippen LogP contribution in [-0.2, 0) is 4.79 Å². The van der Waals surface area contributed by atoms with Crippen LogP contribution in [0.2, 0.25) is 0 Å². The minimum absolute atomic E-state index is 0.00495. The van der Waals surface area contributed by atoms with Gasteiger partial charge in [-0.2, -0.15) is 5.10 Å². The number of allylic oxidation sites excluding steroid dienone is 1. The van der Waals surface area contributed by atoms with Crippen LogP contribution >= 0.6 is 0 Å². The molecule has 0 saturated heterocycles. The maximum atomic E-state index is 13.0. The molecule has 112 valence electrons. The molecule has 0 saturated carbocycles. The zero-order valence-electron chi connectivity index (χ0n) is 12.8. The predicted octanol–water partition coefficient (Wildman–Crippen LogP) is 2.57. The van der Waals surface area contributed by atoms with Crippen LogP contribution in [0.15, 0.2) is 35.7 Å². The van der Waals surface area contributed by atoms with E-state index in [2.05, 4.69) is 36.4 Å².